The van der Waals surface area contributed by atoms with Crippen LogP contribution in [-0.2, 0) is 16.6 Å². The number of methoxy groups -OCH3 is 2. The molecule has 2 aromatic carbocycles. The molecule has 4 rings (SSSR count). The Morgan fingerprint density at radius 1 is 0.931 bits per heavy atom. The Morgan fingerprint density at radius 2 is 1.66 bits per heavy atom. The second-order valence-corrected chi connectivity index (χ2v) is 8.89. The predicted molar refractivity (Wildman–Crippen MR) is 110 cm³/mol. The van der Waals surface area contributed by atoms with Crippen LogP contribution in [0.1, 0.15) is 5.76 Å². The fraction of sp³-hybridized carbons (Fsp3) is 0.333. The van der Waals surface area contributed by atoms with Crippen LogP contribution in [0.15, 0.2) is 57.8 Å². The van der Waals surface area contributed by atoms with Gasteiger partial charge in [0.2, 0.25) is 10.0 Å². The van der Waals surface area contributed by atoms with E-state index >= 15 is 0 Å². The average Bonchev–Trinajstić information content (AvgIpc) is 3.15. The first-order valence-electron chi connectivity index (χ1n) is 9.43. The van der Waals surface area contributed by atoms with Crippen molar-refractivity contribution in [2.45, 2.75) is 11.4 Å². The molecule has 29 heavy (non-hydrogen) atoms. The summed E-state index contributed by atoms with van der Waals surface area (Å²) in [6.45, 7) is 2.81. The number of rotatable bonds is 6. The molecule has 1 fully saturated rings. The van der Waals surface area contributed by atoms with Crippen LogP contribution >= 0.6 is 0 Å². The molecule has 7 nitrogen and oxygen atoms in total. The molecule has 0 N–H and O–H groups in total. The lowest BCUT2D eigenvalue weighted by atomic mass is 10.2. The van der Waals surface area contributed by atoms with Gasteiger partial charge in [0.15, 0.2) is 11.5 Å². The van der Waals surface area contributed by atoms with Crippen molar-refractivity contribution in [2.24, 2.45) is 0 Å². The van der Waals surface area contributed by atoms with E-state index in [1.807, 2.05) is 30.3 Å². The van der Waals surface area contributed by atoms with Crippen molar-refractivity contribution in [1.29, 1.82) is 0 Å². The number of benzene rings is 2. The van der Waals surface area contributed by atoms with Gasteiger partial charge in [-0.15, -0.1) is 0 Å². The van der Waals surface area contributed by atoms with E-state index in [0.29, 0.717) is 44.2 Å². The molecule has 8 heteroatoms. The van der Waals surface area contributed by atoms with Crippen molar-refractivity contribution < 1.29 is 22.3 Å². The summed E-state index contributed by atoms with van der Waals surface area (Å²) in [5.41, 5.74) is 0.872. The number of nitrogens with zero attached hydrogens (tertiary/aromatic N) is 2. The van der Waals surface area contributed by atoms with Gasteiger partial charge in [-0.25, -0.2) is 8.42 Å². The van der Waals surface area contributed by atoms with Crippen LogP contribution < -0.4 is 9.47 Å². The molecule has 0 radical (unpaired) electrons. The fourth-order valence-corrected chi connectivity index (χ4v) is 5.03. The van der Waals surface area contributed by atoms with Crippen molar-refractivity contribution in [2.75, 3.05) is 40.4 Å². The molecule has 0 amide bonds. The number of sulfonamides is 1. The number of furan rings is 1. The lowest BCUT2D eigenvalue weighted by Gasteiger charge is -2.33. The summed E-state index contributed by atoms with van der Waals surface area (Å²) in [4.78, 5) is 2.42. The first kappa shape index (κ1) is 19.8. The quantitative estimate of drug-likeness (QED) is 0.615. The van der Waals surface area contributed by atoms with E-state index in [1.54, 1.807) is 12.1 Å². The number of hydrogen-bond acceptors (Lipinski definition) is 6. The molecule has 1 aliphatic heterocycles. The maximum absolute atomic E-state index is 13.0. The summed E-state index contributed by atoms with van der Waals surface area (Å²) in [5.74, 6) is 1.79. The molecule has 2 heterocycles. The standard InChI is InChI=1S/C21H24N2O5S/c1-26-20-8-7-18(14-21(20)27-2)29(24,25)23-11-9-22(10-12-23)15-17-13-16-5-3-4-6-19(16)28-17/h3-8,13-14H,9-12,15H2,1-2H3. The number of piperazine rings is 1. The molecule has 0 unspecified atom stereocenters. The van der Waals surface area contributed by atoms with Crippen LogP contribution in [0, 0.1) is 0 Å². The fourth-order valence-electron chi connectivity index (χ4n) is 3.59. The molecule has 0 atom stereocenters. The number of ether oxygens (including phenoxy) is 2. The van der Waals surface area contributed by atoms with Gasteiger partial charge in [0.05, 0.1) is 25.7 Å². The maximum Gasteiger partial charge on any atom is 0.243 e. The smallest absolute Gasteiger partial charge is 0.243 e. The van der Waals surface area contributed by atoms with Gasteiger partial charge in [-0.2, -0.15) is 4.31 Å². The van der Waals surface area contributed by atoms with Crippen molar-refractivity contribution in [3.8, 4) is 11.5 Å². The van der Waals surface area contributed by atoms with Gasteiger partial charge in [-0.05, 0) is 24.3 Å². The van der Waals surface area contributed by atoms with Gasteiger partial charge in [0, 0.05) is 37.6 Å². The highest BCUT2D eigenvalue weighted by molar-refractivity contribution is 7.89. The lowest BCUT2D eigenvalue weighted by molar-refractivity contribution is 0.172. The third-order valence-corrected chi connectivity index (χ3v) is 7.07. The first-order valence-corrected chi connectivity index (χ1v) is 10.9. The monoisotopic (exact) mass is 416 g/mol. The highest BCUT2D eigenvalue weighted by Gasteiger charge is 2.29. The third-order valence-electron chi connectivity index (χ3n) is 5.18. The third kappa shape index (κ3) is 3.96. The molecule has 154 valence electrons. The van der Waals surface area contributed by atoms with Gasteiger partial charge in [0.25, 0.3) is 0 Å². The van der Waals surface area contributed by atoms with Gasteiger partial charge < -0.3 is 13.9 Å². The summed E-state index contributed by atoms with van der Waals surface area (Å²) in [7, 11) is -0.576. The lowest BCUT2D eigenvalue weighted by Crippen LogP contribution is -2.48. The Labute approximate surface area is 170 Å². The van der Waals surface area contributed by atoms with Crippen LogP contribution in [0.2, 0.25) is 0 Å². The molecule has 0 bridgehead atoms. The number of para-hydroxylation sites is 1. The van der Waals surface area contributed by atoms with E-state index in [4.69, 9.17) is 13.9 Å². The van der Waals surface area contributed by atoms with Gasteiger partial charge >= 0.3 is 0 Å². The molecular formula is C21H24N2O5S. The van der Waals surface area contributed by atoms with E-state index in [9.17, 15) is 8.42 Å². The van der Waals surface area contributed by atoms with Gasteiger partial charge in [0.1, 0.15) is 11.3 Å². The highest BCUT2D eigenvalue weighted by atomic mass is 32.2. The van der Waals surface area contributed by atoms with Crippen LogP contribution in [0.4, 0.5) is 0 Å². The normalized spacial score (nSPS) is 16.2. The maximum atomic E-state index is 13.0. The van der Waals surface area contributed by atoms with Crippen molar-refractivity contribution in [3.05, 3.63) is 54.3 Å². The van der Waals surface area contributed by atoms with E-state index in [0.717, 1.165) is 16.7 Å². The molecule has 0 saturated carbocycles. The van der Waals surface area contributed by atoms with E-state index < -0.39 is 10.0 Å². The Balaban J connectivity index is 1.43. The van der Waals surface area contributed by atoms with E-state index in [-0.39, 0.29) is 4.90 Å². The molecule has 1 aromatic heterocycles. The highest BCUT2D eigenvalue weighted by Crippen LogP contribution is 2.31. The Kier molecular flexibility index (Phi) is 5.49. The van der Waals surface area contributed by atoms with Crippen LogP contribution in [0.3, 0.4) is 0 Å². The zero-order valence-corrected chi connectivity index (χ0v) is 17.3. The SMILES string of the molecule is COc1ccc(S(=O)(=O)N2CCN(Cc3cc4ccccc4o3)CC2)cc1OC. The van der Waals surface area contributed by atoms with Crippen molar-refractivity contribution in [3.63, 3.8) is 0 Å². The summed E-state index contributed by atoms with van der Waals surface area (Å²) in [6, 6.07) is 14.6. The minimum Gasteiger partial charge on any atom is -0.493 e. The minimum absolute atomic E-state index is 0.209. The van der Waals surface area contributed by atoms with Gasteiger partial charge in [-0.1, -0.05) is 18.2 Å². The van der Waals surface area contributed by atoms with Crippen LogP contribution in [-0.4, -0.2) is 58.0 Å². The van der Waals surface area contributed by atoms with Gasteiger partial charge in [-0.3, -0.25) is 4.90 Å². The second kappa shape index (κ2) is 8.06. The molecule has 1 saturated heterocycles. The molecule has 0 aliphatic carbocycles. The summed E-state index contributed by atoms with van der Waals surface area (Å²) in [6.07, 6.45) is 0. The summed E-state index contributed by atoms with van der Waals surface area (Å²) in [5, 5.41) is 1.08. The molecule has 3 aromatic rings. The second-order valence-electron chi connectivity index (χ2n) is 6.95. The Morgan fingerprint density at radius 3 is 2.34 bits per heavy atom. The van der Waals surface area contributed by atoms with Crippen LogP contribution in [0.5, 0.6) is 11.5 Å². The average molecular weight is 416 g/mol. The molecular weight excluding hydrogens is 392 g/mol. The summed E-state index contributed by atoms with van der Waals surface area (Å²) < 4.78 is 43.9. The zero-order valence-electron chi connectivity index (χ0n) is 16.5. The van der Waals surface area contributed by atoms with Crippen LogP contribution in [0.25, 0.3) is 11.0 Å². The Bertz CT molecular complexity index is 1070. The van der Waals surface area contributed by atoms with Crippen molar-refractivity contribution >= 4 is 21.0 Å². The summed E-state index contributed by atoms with van der Waals surface area (Å²) >= 11 is 0. The predicted octanol–water partition coefficient (Wildman–Crippen LogP) is 2.96. The van der Waals surface area contributed by atoms with E-state index in [2.05, 4.69) is 4.90 Å². The molecule has 0 spiro atoms. The largest absolute Gasteiger partial charge is 0.493 e. The number of hydrogen-bond donors (Lipinski definition) is 0. The zero-order chi connectivity index (χ0) is 20.4. The first-order chi connectivity index (χ1) is 14.0. The number of fused-ring (bicyclic) bond motifs is 1. The topological polar surface area (TPSA) is 72.2 Å². The molecule has 1 aliphatic rings. The Hall–Kier alpha value is -2.55. The van der Waals surface area contributed by atoms with E-state index in [1.165, 1.54) is 24.6 Å². The van der Waals surface area contributed by atoms with Crippen molar-refractivity contribution in [1.82, 2.24) is 9.21 Å². The minimum atomic E-state index is -3.59.